The van der Waals surface area contributed by atoms with E-state index in [1.54, 1.807) is 17.8 Å². The third kappa shape index (κ3) is 3.70. The van der Waals surface area contributed by atoms with Crippen LogP contribution >= 0.6 is 0 Å². The van der Waals surface area contributed by atoms with Gasteiger partial charge < -0.3 is 4.90 Å². The molecule has 1 N–H and O–H groups in total. The van der Waals surface area contributed by atoms with E-state index in [1.165, 1.54) is 5.56 Å². The van der Waals surface area contributed by atoms with Crippen molar-refractivity contribution in [2.75, 3.05) is 19.6 Å². The summed E-state index contributed by atoms with van der Waals surface area (Å²) in [4.78, 5) is 34.5. The van der Waals surface area contributed by atoms with E-state index in [4.69, 9.17) is 0 Å². The van der Waals surface area contributed by atoms with Crippen molar-refractivity contribution in [3.05, 3.63) is 63.6 Å². The lowest BCUT2D eigenvalue weighted by Crippen LogP contribution is -2.54. The van der Waals surface area contributed by atoms with Crippen LogP contribution in [0.3, 0.4) is 0 Å². The van der Waals surface area contributed by atoms with E-state index in [2.05, 4.69) is 46.2 Å². The molecule has 152 valence electrons. The molecule has 2 aromatic heterocycles. The number of pyridine rings is 1. The summed E-state index contributed by atoms with van der Waals surface area (Å²) in [6.07, 6.45) is 0.966. The first-order valence-electron chi connectivity index (χ1n) is 10.1. The lowest BCUT2D eigenvalue weighted by molar-refractivity contribution is 0.0452. The Morgan fingerprint density at radius 3 is 2.72 bits per heavy atom. The van der Waals surface area contributed by atoms with Crippen molar-refractivity contribution in [3.8, 4) is 0 Å². The van der Waals surface area contributed by atoms with Crippen molar-refractivity contribution in [3.63, 3.8) is 0 Å². The number of benzene rings is 1. The SMILES string of the molecule is CC[C@@H]1CN(C(=O)c2cc(C)nc3c2c(=O)[nH]n3C)CCN1Cc1ccccc1. The first kappa shape index (κ1) is 19.4. The number of hydrogen-bond donors (Lipinski definition) is 1. The van der Waals surface area contributed by atoms with E-state index in [0.29, 0.717) is 35.7 Å². The summed E-state index contributed by atoms with van der Waals surface area (Å²) in [5.74, 6) is -0.0880. The van der Waals surface area contributed by atoms with Crippen LogP contribution in [0.25, 0.3) is 11.0 Å². The van der Waals surface area contributed by atoms with Gasteiger partial charge >= 0.3 is 0 Å². The van der Waals surface area contributed by atoms with Crippen molar-refractivity contribution in [1.82, 2.24) is 24.6 Å². The maximum atomic E-state index is 13.4. The molecule has 29 heavy (non-hydrogen) atoms. The summed E-state index contributed by atoms with van der Waals surface area (Å²) in [5.41, 5.74) is 2.71. The molecular formula is C22H27N5O2. The molecule has 3 aromatic rings. The molecule has 0 spiro atoms. The number of rotatable bonds is 4. The molecule has 7 heteroatoms. The maximum Gasteiger partial charge on any atom is 0.274 e. The van der Waals surface area contributed by atoms with Crippen LogP contribution in [0.15, 0.2) is 41.2 Å². The molecule has 0 bridgehead atoms. The molecule has 1 aliphatic rings. The fourth-order valence-electron chi connectivity index (χ4n) is 4.21. The highest BCUT2D eigenvalue weighted by Crippen LogP contribution is 2.21. The Labute approximate surface area is 169 Å². The van der Waals surface area contributed by atoms with Gasteiger partial charge in [0.1, 0.15) is 0 Å². The van der Waals surface area contributed by atoms with Crippen LogP contribution in [0, 0.1) is 6.92 Å². The zero-order chi connectivity index (χ0) is 20.5. The molecule has 1 aromatic carbocycles. The number of carbonyl (C=O) groups is 1. The highest BCUT2D eigenvalue weighted by molar-refractivity contribution is 6.05. The molecule has 4 rings (SSSR count). The summed E-state index contributed by atoms with van der Waals surface area (Å²) in [5, 5.41) is 3.09. The zero-order valence-electron chi connectivity index (χ0n) is 17.2. The maximum absolute atomic E-state index is 13.4. The Kier molecular flexibility index (Phi) is 5.24. The van der Waals surface area contributed by atoms with Gasteiger partial charge in [-0.2, -0.15) is 0 Å². The second-order valence-corrected chi connectivity index (χ2v) is 7.78. The molecule has 3 heterocycles. The lowest BCUT2D eigenvalue weighted by Gasteiger charge is -2.41. The number of nitrogens with zero attached hydrogens (tertiary/aromatic N) is 4. The summed E-state index contributed by atoms with van der Waals surface area (Å²) in [6.45, 7) is 7.02. The summed E-state index contributed by atoms with van der Waals surface area (Å²) < 4.78 is 1.58. The molecule has 0 unspecified atom stereocenters. The molecule has 0 saturated carbocycles. The quantitative estimate of drug-likeness (QED) is 0.738. The lowest BCUT2D eigenvalue weighted by atomic mass is 10.0. The van der Waals surface area contributed by atoms with E-state index >= 15 is 0 Å². The number of fused-ring (bicyclic) bond motifs is 1. The molecule has 0 radical (unpaired) electrons. The highest BCUT2D eigenvalue weighted by atomic mass is 16.2. The second kappa shape index (κ2) is 7.83. The van der Waals surface area contributed by atoms with Crippen molar-refractivity contribution in [1.29, 1.82) is 0 Å². The monoisotopic (exact) mass is 393 g/mol. The number of aromatic amines is 1. The summed E-state index contributed by atoms with van der Waals surface area (Å²) >= 11 is 0. The minimum Gasteiger partial charge on any atom is -0.336 e. The Hall–Kier alpha value is -2.93. The van der Waals surface area contributed by atoms with E-state index < -0.39 is 0 Å². The minimum absolute atomic E-state index is 0.0880. The van der Waals surface area contributed by atoms with Crippen LogP contribution in [0.2, 0.25) is 0 Å². The topological polar surface area (TPSA) is 74.2 Å². The van der Waals surface area contributed by atoms with Crippen molar-refractivity contribution < 1.29 is 4.79 Å². The highest BCUT2D eigenvalue weighted by Gasteiger charge is 2.30. The van der Waals surface area contributed by atoms with Crippen LogP contribution in [0.4, 0.5) is 0 Å². The van der Waals surface area contributed by atoms with Crippen LogP contribution in [-0.2, 0) is 13.6 Å². The second-order valence-electron chi connectivity index (χ2n) is 7.78. The largest absolute Gasteiger partial charge is 0.336 e. The Bertz CT molecular complexity index is 1090. The van der Waals surface area contributed by atoms with Crippen molar-refractivity contribution in [2.45, 2.75) is 32.9 Å². The predicted octanol–water partition coefficient (Wildman–Crippen LogP) is 2.31. The average Bonchev–Trinajstić information content (AvgIpc) is 3.01. The molecule has 7 nitrogen and oxygen atoms in total. The fourth-order valence-corrected chi connectivity index (χ4v) is 4.21. The van der Waals surface area contributed by atoms with E-state index in [1.807, 2.05) is 17.9 Å². The molecule has 1 saturated heterocycles. The van der Waals surface area contributed by atoms with Gasteiger partial charge in [0.15, 0.2) is 5.65 Å². The van der Waals surface area contributed by atoms with E-state index in [0.717, 1.165) is 25.2 Å². The van der Waals surface area contributed by atoms with Gasteiger partial charge in [-0.1, -0.05) is 37.3 Å². The molecule has 1 aliphatic heterocycles. The number of H-pyrrole nitrogens is 1. The molecule has 0 aliphatic carbocycles. The number of aromatic nitrogens is 3. The van der Waals surface area contributed by atoms with Crippen LogP contribution in [-0.4, -0.2) is 56.1 Å². The third-order valence-corrected chi connectivity index (χ3v) is 5.76. The van der Waals surface area contributed by atoms with Crippen LogP contribution in [0.5, 0.6) is 0 Å². The van der Waals surface area contributed by atoms with Gasteiger partial charge in [-0.05, 0) is 25.0 Å². The first-order chi connectivity index (χ1) is 14.0. The van der Waals surface area contributed by atoms with E-state index in [-0.39, 0.29) is 11.5 Å². The normalized spacial score (nSPS) is 17.8. The molecule has 1 fully saturated rings. The Morgan fingerprint density at radius 2 is 2.00 bits per heavy atom. The first-order valence-corrected chi connectivity index (χ1v) is 10.1. The number of hydrogen-bond acceptors (Lipinski definition) is 4. The van der Waals surface area contributed by atoms with Gasteiger partial charge in [-0.15, -0.1) is 0 Å². The van der Waals surface area contributed by atoms with Crippen molar-refractivity contribution >= 4 is 16.9 Å². The fraction of sp³-hybridized carbons (Fsp3) is 0.409. The number of carbonyl (C=O) groups excluding carboxylic acids is 1. The van der Waals surface area contributed by atoms with Gasteiger partial charge in [0.25, 0.3) is 11.5 Å². The van der Waals surface area contributed by atoms with Crippen LogP contribution in [0.1, 0.15) is 35.0 Å². The molecule has 1 amide bonds. The number of amides is 1. The molecular weight excluding hydrogens is 366 g/mol. The number of piperazine rings is 1. The van der Waals surface area contributed by atoms with Gasteiger partial charge in [0, 0.05) is 45.0 Å². The zero-order valence-corrected chi connectivity index (χ0v) is 17.2. The molecule has 1 atom stereocenters. The minimum atomic E-state index is -0.270. The smallest absolute Gasteiger partial charge is 0.274 e. The third-order valence-electron chi connectivity index (χ3n) is 5.76. The Morgan fingerprint density at radius 1 is 1.24 bits per heavy atom. The van der Waals surface area contributed by atoms with Gasteiger partial charge in [-0.3, -0.25) is 24.3 Å². The van der Waals surface area contributed by atoms with E-state index in [9.17, 15) is 9.59 Å². The van der Waals surface area contributed by atoms with Gasteiger partial charge in [0.2, 0.25) is 0 Å². The number of aryl methyl sites for hydroxylation is 2. The Balaban J connectivity index is 1.58. The summed E-state index contributed by atoms with van der Waals surface area (Å²) in [6, 6.07) is 12.5. The van der Waals surface area contributed by atoms with Gasteiger partial charge in [-0.25, -0.2) is 4.98 Å². The standard InChI is InChI=1S/C22H27N5O2/c1-4-17-14-27(11-10-26(17)13-16-8-6-5-7-9-16)22(29)18-12-15(2)23-20-19(18)21(28)24-25(20)3/h5-9,12,17H,4,10-11,13-14H2,1-3H3,(H,24,28)/t17-/m1/s1. The van der Waals surface area contributed by atoms with Crippen molar-refractivity contribution in [2.24, 2.45) is 7.05 Å². The van der Waals surface area contributed by atoms with Gasteiger partial charge in [0.05, 0.1) is 10.9 Å². The summed E-state index contributed by atoms with van der Waals surface area (Å²) in [7, 11) is 1.74. The van der Waals surface area contributed by atoms with Crippen LogP contribution < -0.4 is 5.56 Å². The number of nitrogens with one attached hydrogen (secondary N) is 1. The predicted molar refractivity (Wildman–Crippen MR) is 113 cm³/mol. The average molecular weight is 393 g/mol.